The summed E-state index contributed by atoms with van der Waals surface area (Å²) in [6, 6.07) is 3.52. The van der Waals surface area contributed by atoms with Gasteiger partial charge in [0.05, 0.1) is 0 Å². The summed E-state index contributed by atoms with van der Waals surface area (Å²) in [6.45, 7) is 4.04. The normalized spacial score (nSPS) is 10.4. The molecule has 0 aliphatic heterocycles. The second-order valence-electron chi connectivity index (χ2n) is 4.35. The Bertz CT molecular complexity index is 438. The van der Waals surface area contributed by atoms with Crippen molar-refractivity contribution in [2.75, 3.05) is 0 Å². The summed E-state index contributed by atoms with van der Waals surface area (Å²) in [5, 5.41) is 0.582. The van der Waals surface area contributed by atoms with Gasteiger partial charge in [0.1, 0.15) is 6.29 Å². The van der Waals surface area contributed by atoms with Gasteiger partial charge < -0.3 is 4.79 Å². The smallest absolute Gasteiger partial charge is 0.163 e. The molecule has 0 radical (unpaired) electrons. The molecule has 0 saturated carbocycles. The van der Waals surface area contributed by atoms with Gasteiger partial charge in [-0.2, -0.15) is 0 Å². The summed E-state index contributed by atoms with van der Waals surface area (Å²) in [5.74, 6) is 0.143. The van der Waals surface area contributed by atoms with Gasteiger partial charge in [-0.05, 0) is 36.1 Å². The van der Waals surface area contributed by atoms with E-state index in [0.29, 0.717) is 11.4 Å². The van der Waals surface area contributed by atoms with Crippen LogP contribution in [0.2, 0.25) is 5.02 Å². The van der Waals surface area contributed by atoms with Crippen LogP contribution in [0.3, 0.4) is 0 Å². The van der Waals surface area contributed by atoms with Crippen LogP contribution in [0.25, 0.3) is 0 Å². The summed E-state index contributed by atoms with van der Waals surface area (Å²) in [5.41, 5.74) is 2.51. The molecule has 0 spiro atoms. The van der Waals surface area contributed by atoms with Gasteiger partial charge in [-0.25, -0.2) is 0 Å². The van der Waals surface area contributed by atoms with Crippen molar-refractivity contribution in [2.45, 2.75) is 46.0 Å². The molecule has 0 N–H and O–H groups in total. The van der Waals surface area contributed by atoms with E-state index < -0.39 is 0 Å². The Labute approximate surface area is 113 Å². The number of aldehydes is 1. The molecule has 0 saturated heterocycles. The fourth-order valence-corrected chi connectivity index (χ4v) is 2.38. The lowest BCUT2D eigenvalue weighted by Gasteiger charge is -2.14. The molecule has 98 valence electrons. The van der Waals surface area contributed by atoms with Crippen LogP contribution in [-0.4, -0.2) is 12.1 Å². The molecule has 0 unspecified atom stereocenters. The van der Waals surface area contributed by atoms with E-state index in [4.69, 9.17) is 11.6 Å². The molecule has 0 aliphatic rings. The molecule has 2 nitrogen and oxygen atoms in total. The maximum absolute atomic E-state index is 12.1. The van der Waals surface area contributed by atoms with Crippen molar-refractivity contribution in [2.24, 2.45) is 0 Å². The molecule has 3 heteroatoms. The Kier molecular flexibility index (Phi) is 6.06. The van der Waals surface area contributed by atoms with E-state index in [1.807, 2.05) is 6.92 Å². The van der Waals surface area contributed by atoms with Gasteiger partial charge >= 0.3 is 0 Å². The fraction of sp³-hybridized carbons (Fsp3) is 0.467. The van der Waals surface area contributed by atoms with E-state index in [2.05, 4.69) is 6.92 Å². The molecule has 18 heavy (non-hydrogen) atoms. The average Bonchev–Trinajstić information content (AvgIpc) is 2.34. The zero-order chi connectivity index (χ0) is 13.5. The molecular formula is C15H19ClO2. The summed E-state index contributed by atoms with van der Waals surface area (Å²) >= 11 is 6.13. The summed E-state index contributed by atoms with van der Waals surface area (Å²) in [6.07, 6.45) is 4.21. The SMILES string of the molecule is CCCC(=O)c1ccc(Cl)c(CC=O)c1CCC. The van der Waals surface area contributed by atoms with E-state index in [1.165, 1.54) is 0 Å². The predicted octanol–water partition coefficient (Wildman–Crippen LogP) is 4.02. The van der Waals surface area contributed by atoms with Crippen molar-refractivity contribution in [1.29, 1.82) is 0 Å². The van der Waals surface area contributed by atoms with Gasteiger partial charge in [0, 0.05) is 23.4 Å². The van der Waals surface area contributed by atoms with Crippen molar-refractivity contribution >= 4 is 23.7 Å². The topological polar surface area (TPSA) is 34.1 Å². The minimum Gasteiger partial charge on any atom is -0.303 e. The molecule has 0 atom stereocenters. The third-order valence-electron chi connectivity index (χ3n) is 2.94. The first-order valence-electron chi connectivity index (χ1n) is 6.42. The molecule has 0 amide bonds. The highest BCUT2D eigenvalue weighted by molar-refractivity contribution is 6.31. The lowest BCUT2D eigenvalue weighted by atomic mass is 9.92. The first-order valence-corrected chi connectivity index (χ1v) is 6.80. The monoisotopic (exact) mass is 266 g/mol. The van der Waals surface area contributed by atoms with E-state index in [0.717, 1.165) is 42.2 Å². The first kappa shape index (κ1) is 14.9. The van der Waals surface area contributed by atoms with Crippen LogP contribution in [-0.2, 0) is 17.6 Å². The average molecular weight is 267 g/mol. The Morgan fingerprint density at radius 2 is 1.94 bits per heavy atom. The van der Waals surface area contributed by atoms with Gasteiger partial charge in [-0.3, -0.25) is 4.79 Å². The van der Waals surface area contributed by atoms with Gasteiger partial charge in [0.25, 0.3) is 0 Å². The Morgan fingerprint density at radius 3 is 2.50 bits per heavy atom. The standard InChI is InChI=1S/C15H19ClO2/c1-3-5-11-12(9-10-17)14(16)8-7-13(11)15(18)6-4-2/h7-8,10H,3-6,9H2,1-2H3. The van der Waals surface area contributed by atoms with Gasteiger partial charge in [0.2, 0.25) is 0 Å². The molecule has 1 aromatic carbocycles. The Morgan fingerprint density at radius 1 is 1.22 bits per heavy atom. The van der Waals surface area contributed by atoms with Crippen LogP contribution >= 0.6 is 11.6 Å². The largest absolute Gasteiger partial charge is 0.303 e. The van der Waals surface area contributed by atoms with Crippen molar-refractivity contribution in [3.8, 4) is 0 Å². The number of carbonyl (C=O) groups is 2. The highest BCUT2D eigenvalue weighted by Gasteiger charge is 2.16. The van der Waals surface area contributed by atoms with Crippen molar-refractivity contribution in [1.82, 2.24) is 0 Å². The molecular weight excluding hydrogens is 248 g/mol. The maximum atomic E-state index is 12.1. The van der Waals surface area contributed by atoms with Crippen molar-refractivity contribution in [3.05, 3.63) is 33.8 Å². The van der Waals surface area contributed by atoms with Gasteiger partial charge in [-0.15, -0.1) is 0 Å². The van der Waals surface area contributed by atoms with E-state index >= 15 is 0 Å². The van der Waals surface area contributed by atoms with Crippen LogP contribution < -0.4 is 0 Å². The molecule has 0 fully saturated rings. The number of hydrogen-bond donors (Lipinski definition) is 0. The third-order valence-corrected chi connectivity index (χ3v) is 3.29. The van der Waals surface area contributed by atoms with Crippen LogP contribution in [0.15, 0.2) is 12.1 Å². The minimum atomic E-state index is 0.143. The van der Waals surface area contributed by atoms with E-state index in [1.54, 1.807) is 12.1 Å². The van der Waals surface area contributed by atoms with Crippen LogP contribution in [0, 0.1) is 0 Å². The summed E-state index contributed by atoms with van der Waals surface area (Å²) < 4.78 is 0. The fourth-order valence-electron chi connectivity index (χ4n) is 2.13. The van der Waals surface area contributed by atoms with Crippen molar-refractivity contribution < 1.29 is 9.59 Å². The molecule has 0 heterocycles. The lowest BCUT2D eigenvalue weighted by Crippen LogP contribution is -2.08. The third kappa shape index (κ3) is 3.42. The molecule has 1 aromatic rings. The quantitative estimate of drug-likeness (QED) is 0.552. The number of ketones is 1. The highest BCUT2D eigenvalue weighted by Crippen LogP contribution is 2.26. The highest BCUT2D eigenvalue weighted by atomic mass is 35.5. The first-order chi connectivity index (χ1) is 8.65. The van der Waals surface area contributed by atoms with Crippen LogP contribution in [0.5, 0.6) is 0 Å². The number of rotatable bonds is 7. The van der Waals surface area contributed by atoms with E-state index in [9.17, 15) is 9.59 Å². The Balaban J connectivity index is 3.28. The van der Waals surface area contributed by atoms with Crippen LogP contribution in [0.1, 0.15) is 54.6 Å². The molecule has 0 bridgehead atoms. The second kappa shape index (κ2) is 7.32. The zero-order valence-electron chi connectivity index (χ0n) is 11.0. The molecule has 1 rings (SSSR count). The van der Waals surface area contributed by atoms with Gasteiger partial charge in [-0.1, -0.05) is 31.9 Å². The Hall–Kier alpha value is -1.15. The number of benzene rings is 1. The number of hydrogen-bond acceptors (Lipinski definition) is 2. The molecule has 0 aromatic heterocycles. The van der Waals surface area contributed by atoms with E-state index in [-0.39, 0.29) is 12.2 Å². The number of halogens is 1. The lowest BCUT2D eigenvalue weighted by molar-refractivity contribution is -0.107. The molecule has 0 aliphatic carbocycles. The maximum Gasteiger partial charge on any atom is 0.163 e. The van der Waals surface area contributed by atoms with Gasteiger partial charge in [0.15, 0.2) is 5.78 Å². The summed E-state index contributed by atoms with van der Waals surface area (Å²) in [7, 11) is 0. The second-order valence-corrected chi connectivity index (χ2v) is 4.75. The number of Topliss-reactive ketones (excluding diaryl/α,β-unsaturated/α-hetero) is 1. The van der Waals surface area contributed by atoms with Crippen molar-refractivity contribution in [3.63, 3.8) is 0 Å². The number of carbonyl (C=O) groups excluding carboxylic acids is 2. The van der Waals surface area contributed by atoms with Crippen LogP contribution in [0.4, 0.5) is 0 Å². The summed E-state index contributed by atoms with van der Waals surface area (Å²) in [4.78, 5) is 22.8. The zero-order valence-corrected chi connectivity index (χ0v) is 11.7. The minimum absolute atomic E-state index is 0.143. The predicted molar refractivity (Wildman–Crippen MR) is 74.5 cm³/mol.